The third kappa shape index (κ3) is 6.38. The lowest BCUT2D eigenvalue weighted by Gasteiger charge is -2.13. The Labute approximate surface area is 163 Å². The van der Waals surface area contributed by atoms with Crippen LogP contribution in [0.25, 0.3) is 0 Å². The highest BCUT2D eigenvalue weighted by molar-refractivity contribution is 6.31. The van der Waals surface area contributed by atoms with Crippen molar-refractivity contribution in [2.75, 3.05) is 20.3 Å². The van der Waals surface area contributed by atoms with Gasteiger partial charge in [0.15, 0.2) is 11.5 Å². The van der Waals surface area contributed by atoms with Crippen molar-refractivity contribution in [3.8, 4) is 17.2 Å². The maximum absolute atomic E-state index is 10.7. The zero-order valence-corrected chi connectivity index (χ0v) is 16.0. The molecule has 0 bridgehead atoms. The first-order chi connectivity index (χ1) is 13.0. The predicted molar refractivity (Wildman–Crippen MR) is 105 cm³/mol. The Bertz CT molecular complexity index is 812. The summed E-state index contributed by atoms with van der Waals surface area (Å²) in [5.41, 5.74) is 8.75. The van der Waals surface area contributed by atoms with Crippen molar-refractivity contribution in [3.05, 3.63) is 52.5 Å². The summed E-state index contributed by atoms with van der Waals surface area (Å²) in [4.78, 5) is 10.7. The number of benzene rings is 2. The molecule has 27 heavy (non-hydrogen) atoms. The first kappa shape index (κ1) is 20.4. The fraction of sp³-hybridized carbons (Fsp3) is 0.263. The molecule has 0 fully saturated rings. The second-order valence-electron chi connectivity index (χ2n) is 5.57. The quantitative estimate of drug-likeness (QED) is 0.388. The van der Waals surface area contributed by atoms with Crippen LogP contribution in [0.2, 0.25) is 5.02 Å². The Morgan fingerprint density at radius 1 is 1.26 bits per heavy atom. The third-order valence-corrected chi connectivity index (χ3v) is 3.96. The van der Waals surface area contributed by atoms with E-state index in [4.69, 9.17) is 31.5 Å². The van der Waals surface area contributed by atoms with Gasteiger partial charge >= 0.3 is 6.03 Å². The number of hydrogen-bond acceptors (Lipinski definition) is 5. The average molecular weight is 392 g/mol. The van der Waals surface area contributed by atoms with Crippen molar-refractivity contribution in [1.29, 1.82) is 0 Å². The fourth-order valence-electron chi connectivity index (χ4n) is 2.25. The average Bonchev–Trinajstić information content (AvgIpc) is 2.64. The van der Waals surface area contributed by atoms with Gasteiger partial charge < -0.3 is 19.9 Å². The molecule has 0 saturated heterocycles. The molecule has 8 heteroatoms. The molecule has 0 aliphatic rings. The van der Waals surface area contributed by atoms with E-state index in [9.17, 15) is 4.79 Å². The van der Waals surface area contributed by atoms with Crippen LogP contribution in [0.4, 0.5) is 4.79 Å². The van der Waals surface area contributed by atoms with Crippen molar-refractivity contribution in [2.24, 2.45) is 10.8 Å². The number of nitrogens with one attached hydrogen (secondary N) is 1. The van der Waals surface area contributed by atoms with Crippen LogP contribution >= 0.6 is 11.6 Å². The van der Waals surface area contributed by atoms with Crippen LogP contribution in [0.15, 0.2) is 41.5 Å². The Hall–Kier alpha value is -2.93. The number of rotatable bonds is 9. The second kappa shape index (κ2) is 10.3. The van der Waals surface area contributed by atoms with Crippen molar-refractivity contribution >= 4 is 23.8 Å². The molecule has 7 nitrogen and oxygen atoms in total. The molecule has 2 aromatic carbocycles. The highest BCUT2D eigenvalue weighted by Crippen LogP contribution is 2.30. The van der Waals surface area contributed by atoms with Gasteiger partial charge in [0.05, 0.1) is 26.5 Å². The Kier molecular flexibility index (Phi) is 7.76. The number of nitrogens with zero attached hydrogens (tertiary/aromatic N) is 1. The number of nitrogens with two attached hydrogens (primary N) is 1. The van der Waals surface area contributed by atoms with Gasteiger partial charge in [0, 0.05) is 17.0 Å². The lowest BCUT2D eigenvalue weighted by Crippen LogP contribution is -2.24. The number of ether oxygens (including phenoxy) is 3. The normalized spacial score (nSPS) is 10.6. The molecule has 0 aromatic heterocycles. The van der Waals surface area contributed by atoms with Gasteiger partial charge in [0.25, 0.3) is 0 Å². The van der Waals surface area contributed by atoms with Gasteiger partial charge in [-0.2, -0.15) is 5.10 Å². The molecule has 0 unspecified atom stereocenters. The number of hydrazone groups is 1. The van der Waals surface area contributed by atoms with E-state index in [1.165, 1.54) is 6.21 Å². The molecule has 0 aliphatic carbocycles. The number of halogens is 1. The van der Waals surface area contributed by atoms with Crippen LogP contribution in [-0.2, 0) is 0 Å². The topological polar surface area (TPSA) is 95.2 Å². The van der Waals surface area contributed by atoms with Crippen molar-refractivity contribution in [3.63, 3.8) is 0 Å². The maximum atomic E-state index is 10.7. The monoisotopic (exact) mass is 391 g/mol. The van der Waals surface area contributed by atoms with Gasteiger partial charge in [0.2, 0.25) is 0 Å². The maximum Gasteiger partial charge on any atom is 0.332 e. The van der Waals surface area contributed by atoms with Crippen molar-refractivity contribution in [1.82, 2.24) is 5.43 Å². The summed E-state index contributed by atoms with van der Waals surface area (Å²) in [6.07, 6.45) is 2.10. The highest BCUT2D eigenvalue weighted by Gasteiger charge is 2.09. The van der Waals surface area contributed by atoms with Crippen LogP contribution in [0.1, 0.15) is 17.5 Å². The minimum Gasteiger partial charge on any atom is -0.493 e. The SMILES string of the molecule is COc1cccc(C=NNC(N)=O)c1OCCCOc1ccc(Cl)c(C)c1. The van der Waals surface area contributed by atoms with E-state index in [1.54, 1.807) is 25.3 Å². The summed E-state index contributed by atoms with van der Waals surface area (Å²) in [6, 6.07) is 10.1. The summed E-state index contributed by atoms with van der Waals surface area (Å²) in [5.74, 6) is 1.85. The number of aryl methyl sites for hydroxylation is 1. The molecular weight excluding hydrogens is 370 g/mol. The number of carbonyl (C=O) groups is 1. The van der Waals surface area contributed by atoms with Gasteiger partial charge in [-0.15, -0.1) is 0 Å². The predicted octanol–water partition coefficient (Wildman–Crippen LogP) is 3.51. The highest BCUT2D eigenvalue weighted by atomic mass is 35.5. The number of para-hydroxylation sites is 1. The van der Waals surface area contributed by atoms with Crippen molar-refractivity contribution < 1.29 is 19.0 Å². The third-order valence-electron chi connectivity index (χ3n) is 3.54. The minimum atomic E-state index is -0.744. The fourth-order valence-corrected chi connectivity index (χ4v) is 2.36. The van der Waals surface area contributed by atoms with Crippen LogP contribution in [0.5, 0.6) is 17.2 Å². The molecule has 2 aromatic rings. The number of amides is 2. The number of carbonyl (C=O) groups excluding carboxylic acids is 1. The first-order valence-corrected chi connectivity index (χ1v) is 8.66. The van der Waals surface area contributed by atoms with Gasteiger partial charge in [-0.1, -0.05) is 17.7 Å². The second-order valence-corrected chi connectivity index (χ2v) is 5.98. The smallest absolute Gasteiger partial charge is 0.332 e. The summed E-state index contributed by atoms with van der Waals surface area (Å²) >= 11 is 6.00. The molecular formula is C19H22ClN3O4. The zero-order valence-electron chi connectivity index (χ0n) is 15.2. The summed E-state index contributed by atoms with van der Waals surface area (Å²) in [5, 5.41) is 4.47. The molecule has 0 saturated carbocycles. The van der Waals surface area contributed by atoms with E-state index in [2.05, 4.69) is 10.5 Å². The van der Waals surface area contributed by atoms with E-state index in [-0.39, 0.29) is 0 Å². The number of primary amides is 1. The van der Waals surface area contributed by atoms with Crippen LogP contribution < -0.4 is 25.4 Å². The molecule has 0 spiro atoms. The molecule has 0 aliphatic heterocycles. The van der Waals surface area contributed by atoms with Gasteiger partial charge in [-0.05, 0) is 42.8 Å². The van der Waals surface area contributed by atoms with E-state index in [0.29, 0.717) is 41.7 Å². The Balaban J connectivity index is 1.91. The van der Waals surface area contributed by atoms with Gasteiger partial charge in [-0.3, -0.25) is 0 Å². The molecule has 0 atom stereocenters. The molecule has 2 rings (SSSR count). The number of urea groups is 1. The van der Waals surface area contributed by atoms with Gasteiger partial charge in [0.1, 0.15) is 5.75 Å². The minimum absolute atomic E-state index is 0.414. The van der Waals surface area contributed by atoms with Crippen molar-refractivity contribution in [2.45, 2.75) is 13.3 Å². The van der Waals surface area contributed by atoms with E-state index >= 15 is 0 Å². The van der Waals surface area contributed by atoms with Gasteiger partial charge in [-0.25, -0.2) is 10.2 Å². The summed E-state index contributed by atoms with van der Waals surface area (Å²) in [6.45, 7) is 2.83. The Morgan fingerprint density at radius 3 is 2.74 bits per heavy atom. The Morgan fingerprint density at radius 2 is 2.04 bits per heavy atom. The van der Waals surface area contributed by atoms with Crippen LogP contribution in [-0.4, -0.2) is 32.6 Å². The molecule has 0 heterocycles. The molecule has 144 valence electrons. The standard InChI is InChI=1S/C19H22ClN3O4/c1-13-11-15(7-8-16(13)20)26-9-4-10-27-18-14(12-22-23-19(21)24)5-3-6-17(18)25-2/h3,5-8,11-12H,4,9-10H2,1-2H3,(H3,21,23,24). The number of methoxy groups -OCH3 is 1. The van der Waals surface area contributed by atoms with Crippen LogP contribution in [0.3, 0.4) is 0 Å². The molecule has 0 radical (unpaired) electrons. The largest absolute Gasteiger partial charge is 0.493 e. The molecule has 3 N–H and O–H groups in total. The lowest BCUT2D eigenvalue weighted by molar-refractivity contribution is 0.240. The molecule has 2 amide bonds. The zero-order chi connectivity index (χ0) is 19.6. The number of hydrogen-bond donors (Lipinski definition) is 2. The van der Waals surface area contributed by atoms with E-state index in [1.807, 2.05) is 25.1 Å². The summed E-state index contributed by atoms with van der Waals surface area (Å²) < 4.78 is 16.9. The van der Waals surface area contributed by atoms with Crippen LogP contribution in [0, 0.1) is 6.92 Å². The van der Waals surface area contributed by atoms with E-state index < -0.39 is 6.03 Å². The summed E-state index contributed by atoms with van der Waals surface area (Å²) in [7, 11) is 1.55. The lowest BCUT2D eigenvalue weighted by atomic mass is 10.2. The first-order valence-electron chi connectivity index (χ1n) is 8.28. The van der Waals surface area contributed by atoms with E-state index in [0.717, 1.165) is 11.3 Å².